The van der Waals surface area contributed by atoms with Gasteiger partial charge in [0.1, 0.15) is 0 Å². The van der Waals surface area contributed by atoms with Crippen molar-refractivity contribution in [2.75, 3.05) is 0 Å². The van der Waals surface area contributed by atoms with Gasteiger partial charge in [0.05, 0.1) is 0 Å². The molecule has 1 aliphatic rings. The molecule has 0 aromatic carbocycles. The molecule has 0 saturated heterocycles. The highest BCUT2D eigenvalue weighted by atomic mass is 35.5. The van der Waals surface area contributed by atoms with E-state index in [2.05, 4.69) is 11.6 Å². The van der Waals surface area contributed by atoms with Gasteiger partial charge in [-0.2, -0.15) is 30.7 Å². The fourth-order valence-electron chi connectivity index (χ4n) is 1.12. The number of halogens is 10. The van der Waals surface area contributed by atoms with Crippen molar-refractivity contribution in [3.05, 3.63) is 0 Å². The summed E-state index contributed by atoms with van der Waals surface area (Å²) in [5.74, 6) is -12.2. The Balaban J connectivity index is 3.36. The first kappa shape index (κ1) is 12.7. The van der Waals surface area contributed by atoms with Crippen molar-refractivity contribution in [1.29, 1.82) is 0 Å². The van der Waals surface area contributed by atoms with Gasteiger partial charge < -0.3 is 0 Å². The smallest absolute Gasteiger partial charge is 0.221 e. The van der Waals surface area contributed by atoms with Crippen molar-refractivity contribution in [2.24, 2.45) is 0 Å². The van der Waals surface area contributed by atoms with Gasteiger partial charge in [0.15, 0.2) is 0 Å². The molecule has 0 N–H and O–H groups in total. The van der Waals surface area contributed by atoms with E-state index in [1.54, 1.807) is 0 Å². The zero-order valence-corrected chi connectivity index (χ0v) is 7.04. The average Bonchev–Trinajstić information content (AvgIpc) is 1.98. The largest absolute Gasteiger partial charge is 0.433 e. The van der Waals surface area contributed by atoms with Crippen molar-refractivity contribution in [3.8, 4) is 0 Å². The summed E-state index contributed by atoms with van der Waals surface area (Å²) >= 11 is 3.88. The minimum absolute atomic E-state index is 3.88. The van der Waals surface area contributed by atoms with E-state index in [1.165, 1.54) is 0 Å². The molecule has 0 unspecified atom stereocenters. The molecule has 1 aliphatic carbocycles. The maximum absolute atomic E-state index is 12.6. The molecule has 0 heterocycles. The molecule has 0 amide bonds. The minimum Gasteiger partial charge on any atom is -0.221 e. The Kier molecular flexibility index (Phi) is 2.11. The maximum atomic E-state index is 12.6. The second-order valence-corrected chi connectivity index (χ2v) is 3.40. The van der Waals surface area contributed by atoms with E-state index in [0.717, 1.165) is 0 Å². The summed E-state index contributed by atoms with van der Waals surface area (Å²) in [5.41, 5.74) is -6.10. The summed E-state index contributed by atoms with van der Waals surface area (Å²) in [6, 6.07) is 0. The molecule has 1 saturated carbocycles. The first-order valence-corrected chi connectivity index (χ1v) is 3.52. The van der Waals surface area contributed by atoms with E-state index >= 15 is 0 Å². The Morgan fingerprint density at radius 2 is 1.07 bits per heavy atom. The standard InChI is InChI=1S/C5ClF9/c6-2(8)1(7,5(13,14)15)3(9,10)4(2,11)12/t1-,2+/m1/s1. The minimum atomic E-state index is -6.55. The van der Waals surface area contributed by atoms with Crippen LogP contribution < -0.4 is 0 Å². The van der Waals surface area contributed by atoms with Crippen LogP contribution in [0.15, 0.2) is 0 Å². The normalized spacial score (nSPS) is 43.6. The third-order valence-electron chi connectivity index (χ3n) is 2.04. The van der Waals surface area contributed by atoms with Crippen molar-refractivity contribution in [3.63, 3.8) is 0 Å². The molecule has 0 radical (unpaired) electrons. The Labute approximate surface area is 81.0 Å². The molecule has 0 nitrogen and oxygen atoms in total. The van der Waals surface area contributed by atoms with E-state index in [1.807, 2.05) is 0 Å². The van der Waals surface area contributed by atoms with Gasteiger partial charge in [-0.25, -0.2) is 8.78 Å². The fraction of sp³-hybridized carbons (Fsp3) is 1.00. The summed E-state index contributed by atoms with van der Waals surface area (Å²) in [6.07, 6.45) is -6.55. The molecule has 0 bridgehead atoms. The van der Waals surface area contributed by atoms with E-state index in [4.69, 9.17) is 0 Å². The quantitative estimate of drug-likeness (QED) is 0.465. The molecular formula is C5ClF9. The molecule has 10 heteroatoms. The Morgan fingerprint density at radius 1 is 0.733 bits per heavy atom. The van der Waals surface area contributed by atoms with Gasteiger partial charge >= 0.3 is 28.8 Å². The summed E-state index contributed by atoms with van der Waals surface area (Å²) in [6.45, 7) is 0. The van der Waals surface area contributed by atoms with E-state index in [-0.39, 0.29) is 0 Å². The van der Waals surface area contributed by atoms with Crippen LogP contribution in [0.3, 0.4) is 0 Å². The predicted octanol–water partition coefficient (Wildman–Crippen LogP) is 3.45. The molecular weight excluding hydrogens is 266 g/mol. The summed E-state index contributed by atoms with van der Waals surface area (Å²) < 4.78 is 109. The summed E-state index contributed by atoms with van der Waals surface area (Å²) in [7, 11) is 0. The van der Waals surface area contributed by atoms with Crippen molar-refractivity contribution in [2.45, 2.75) is 28.8 Å². The third-order valence-corrected chi connectivity index (χ3v) is 2.54. The van der Waals surface area contributed by atoms with Crippen LogP contribution >= 0.6 is 11.6 Å². The molecule has 15 heavy (non-hydrogen) atoms. The van der Waals surface area contributed by atoms with E-state index in [9.17, 15) is 39.5 Å². The van der Waals surface area contributed by atoms with Gasteiger partial charge in [-0.3, -0.25) is 0 Å². The van der Waals surface area contributed by atoms with Crippen LogP contribution in [0.5, 0.6) is 0 Å². The second-order valence-electron chi connectivity index (χ2n) is 2.88. The van der Waals surface area contributed by atoms with Crippen LogP contribution in [0.4, 0.5) is 39.5 Å². The van der Waals surface area contributed by atoms with Crippen molar-refractivity contribution >= 4 is 11.6 Å². The van der Waals surface area contributed by atoms with Crippen molar-refractivity contribution in [1.82, 2.24) is 0 Å². The number of alkyl halides is 10. The summed E-state index contributed by atoms with van der Waals surface area (Å²) in [4.78, 5) is 0. The fourth-order valence-corrected chi connectivity index (χ4v) is 1.47. The molecule has 0 aromatic rings. The highest BCUT2D eigenvalue weighted by Crippen LogP contribution is 2.73. The van der Waals surface area contributed by atoms with Crippen LogP contribution in [-0.4, -0.2) is 28.8 Å². The first-order valence-electron chi connectivity index (χ1n) is 3.14. The molecule has 2 atom stereocenters. The van der Waals surface area contributed by atoms with Gasteiger partial charge in [0, 0.05) is 0 Å². The van der Waals surface area contributed by atoms with Crippen LogP contribution in [-0.2, 0) is 0 Å². The lowest BCUT2D eigenvalue weighted by Crippen LogP contribution is -2.88. The van der Waals surface area contributed by atoms with Gasteiger partial charge in [0.2, 0.25) is 0 Å². The second kappa shape index (κ2) is 2.49. The van der Waals surface area contributed by atoms with Crippen LogP contribution in [0, 0.1) is 0 Å². The van der Waals surface area contributed by atoms with Gasteiger partial charge in [0.25, 0.3) is 0 Å². The van der Waals surface area contributed by atoms with Gasteiger partial charge in [-0.15, -0.1) is 0 Å². The number of hydrogen-bond acceptors (Lipinski definition) is 0. The topological polar surface area (TPSA) is 0 Å². The van der Waals surface area contributed by atoms with Crippen LogP contribution in [0.2, 0.25) is 0 Å². The monoisotopic (exact) mass is 266 g/mol. The zero-order valence-electron chi connectivity index (χ0n) is 6.28. The number of rotatable bonds is 0. The molecule has 90 valence electrons. The Hall–Kier alpha value is -0.340. The summed E-state index contributed by atoms with van der Waals surface area (Å²) in [5, 5.41) is -5.51. The highest BCUT2D eigenvalue weighted by Gasteiger charge is 3.04. The molecule has 0 aliphatic heterocycles. The lowest BCUT2D eigenvalue weighted by Gasteiger charge is -2.55. The number of hydrogen-bond donors (Lipinski definition) is 0. The Bertz CT molecular complexity index is 271. The van der Waals surface area contributed by atoms with E-state index < -0.39 is 28.8 Å². The highest BCUT2D eigenvalue weighted by molar-refractivity contribution is 6.25. The lowest BCUT2D eigenvalue weighted by molar-refractivity contribution is -0.469. The molecule has 0 aromatic heterocycles. The Morgan fingerprint density at radius 3 is 1.20 bits per heavy atom. The van der Waals surface area contributed by atoms with Crippen molar-refractivity contribution < 1.29 is 39.5 Å². The zero-order chi connectivity index (χ0) is 12.5. The lowest BCUT2D eigenvalue weighted by atomic mass is 9.70. The molecule has 0 spiro atoms. The molecule has 1 fully saturated rings. The van der Waals surface area contributed by atoms with Crippen LogP contribution in [0.1, 0.15) is 0 Å². The first-order chi connectivity index (χ1) is 6.25. The van der Waals surface area contributed by atoms with Gasteiger partial charge in [-0.1, -0.05) is 11.6 Å². The molecule has 1 rings (SSSR count). The average molecular weight is 266 g/mol. The third kappa shape index (κ3) is 0.931. The van der Waals surface area contributed by atoms with E-state index in [0.29, 0.717) is 0 Å². The van der Waals surface area contributed by atoms with Gasteiger partial charge in [-0.05, 0) is 0 Å². The van der Waals surface area contributed by atoms with Crippen LogP contribution in [0.25, 0.3) is 0 Å². The maximum Gasteiger partial charge on any atom is 0.433 e. The predicted molar refractivity (Wildman–Crippen MR) is 29.5 cm³/mol. The SMILES string of the molecule is FC(F)(F)[C@]1(F)C(F)(F)C(F)(F)[C@]1(F)Cl.